The van der Waals surface area contributed by atoms with Crippen molar-refractivity contribution in [1.82, 2.24) is 0 Å². The van der Waals surface area contributed by atoms with Gasteiger partial charge in [-0.25, -0.2) is 4.39 Å². The number of ether oxygens (including phenoxy) is 1. The second-order valence-electron chi connectivity index (χ2n) is 3.47. The molecule has 0 heterocycles. The quantitative estimate of drug-likeness (QED) is 0.784. The predicted octanol–water partition coefficient (Wildman–Crippen LogP) is 3.08. The van der Waals surface area contributed by atoms with E-state index in [1.807, 2.05) is 0 Å². The van der Waals surface area contributed by atoms with E-state index < -0.39 is 0 Å². The van der Waals surface area contributed by atoms with Gasteiger partial charge in [0, 0.05) is 17.3 Å². The van der Waals surface area contributed by atoms with Crippen molar-refractivity contribution in [2.45, 2.75) is 0 Å². The Bertz CT molecular complexity index is 511. The van der Waals surface area contributed by atoms with Crippen molar-refractivity contribution >= 4 is 5.69 Å². The van der Waals surface area contributed by atoms with Gasteiger partial charge in [-0.2, -0.15) is 0 Å². The Labute approximate surface area is 93.5 Å². The summed E-state index contributed by atoms with van der Waals surface area (Å²) in [6.45, 7) is 0. The summed E-state index contributed by atoms with van der Waals surface area (Å²) < 4.78 is 18.7. The third kappa shape index (κ3) is 1.98. The predicted molar refractivity (Wildman–Crippen MR) is 62.8 cm³/mol. The van der Waals surface area contributed by atoms with Crippen LogP contribution in [0.1, 0.15) is 0 Å². The third-order valence-electron chi connectivity index (χ3n) is 2.35. The van der Waals surface area contributed by atoms with Crippen molar-refractivity contribution in [2.75, 3.05) is 12.8 Å². The Balaban J connectivity index is 2.56. The summed E-state index contributed by atoms with van der Waals surface area (Å²) in [7, 11) is 1.56. The molecule has 0 fully saturated rings. The summed E-state index contributed by atoms with van der Waals surface area (Å²) in [5.74, 6) is 0.355. The third-order valence-corrected chi connectivity index (χ3v) is 2.35. The number of rotatable bonds is 2. The molecule has 0 saturated carbocycles. The summed E-state index contributed by atoms with van der Waals surface area (Å²) in [4.78, 5) is 0. The van der Waals surface area contributed by atoms with Crippen LogP contribution in [0.2, 0.25) is 0 Å². The van der Waals surface area contributed by atoms with Gasteiger partial charge in [0.2, 0.25) is 0 Å². The van der Waals surface area contributed by atoms with Gasteiger partial charge in [-0.15, -0.1) is 0 Å². The lowest BCUT2D eigenvalue weighted by Crippen LogP contribution is -1.91. The van der Waals surface area contributed by atoms with Crippen molar-refractivity contribution in [3.8, 4) is 16.9 Å². The van der Waals surface area contributed by atoms with Crippen molar-refractivity contribution in [2.24, 2.45) is 0 Å². The molecule has 0 aliphatic rings. The highest BCUT2D eigenvalue weighted by molar-refractivity contribution is 5.70. The molecule has 0 aromatic heterocycles. The van der Waals surface area contributed by atoms with Gasteiger partial charge < -0.3 is 10.5 Å². The first kappa shape index (κ1) is 10.5. The van der Waals surface area contributed by atoms with Gasteiger partial charge >= 0.3 is 0 Å². The molecule has 0 amide bonds. The fourth-order valence-corrected chi connectivity index (χ4v) is 1.59. The van der Waals surface area contributed by atoms with Crippen LogP contribution < -0.4 is 10.5 Å². The SMILES string of the molecule is COc1cc(N)cc(-c2ccccc2F)c1. The zero-order valence-electron chi connectivity index (χ0n) is 8.91. The smallest absolute Gasteiger partial charge is 0.131 e. The highest BCUT2D eigenvalue weighted by Crippen LogP contribution is 2.28. The molecule has 82 valence electrons. The molecule has 0 saturated heterocycles. The fourth-order valence-electron chi connectivity index (χ4n) is 1.59. The maximum Gasteiger partial charge on any atom is 0.131 e. The first-order valence-corrected chi connectivity index (χ1v) is 4.90. The van der Waals surface area contributed by atoms with Crippen molar-refractivity contribution < 1.29 is 9.13 Å². The van der Waals surface area contributed by atoms with E-state index in [-0.39, 0.29) is 5.82 Å². The van der Waals surface area contributed by atoms with Crippen LogP contribution in [0.3, 0.4) is 0 Å². The first-order valence-electron chi connectivity index (χ1n) is 4.90. The normalized spacial score (nSPS) is 10.1. The van der Waals surface area contributed by atoms with Crippen LogP contribution in [0.5, 0.6) is 5.75 Å². The van der Waals surface area contributed by atoms with Crippen LogP contribution in [0.4, 0.5) is 10.1 Å². The minimum atomic E-state index is -0.268. The summed E-state index contributed by atoms with van der Waals surface area (Å²) in [5, 5.41) is 0. The van der Waals surface area contributed by atoms with Gasteiger partial charge in [0.25, 0.3) is 0 Å². The van der Waals surface area contributed by atoms with E-state index in [1.54, 1.807) is 43.5 Å². The maximum absolute atomic E-state index is 13.6. The molecule has 0 unspecified atom stereocenters. The van der Waals surface area contributed by atoms with Gasteiger partial charge in [-0.3, -0.25) is 0 Å². The number of nitrogen functional groups attached to an aromatic ring is 1. The number of hydrogen-bond acceptors (Lipinski definition) is 2. The highest BCUT2D eigenvalue weighted by atomic mass is 19.1. The summed E-state index contributed by atoms with van der Waals surface area (Å²) in [6.07, 6.45) is 0. The van der Waals surface area contributed by atoms with E-state index in [1.165, 1.54) is 6.07 Å². The number of anilines is 1. The Morgan fingerprint density at radius 3 is 2.56 bits per heavy atom. The van der Waals surface area contributed by atoms with Crippen LogP contribution in [0.25, 0.3) is 11.1 Å². The van der Waals surface area contributed by atoms with Gasteiger partial charge in [0.05, 0.1) is 7.11 Å². The number of nitrogens with two attached hydrogens (primary N) is 1. The monoisotopic (exact) mass is 217 g/mol. The molecule has 0 aliphatic carbocycles. The molecule has 0 aliphatic heterocycles. The molecule has 2 aromatic carbocycles. The minimum Gasteiger partial charge on any atom is -0.497 e. The fraction of sp³-hybridized carbons (Fsp3) is 0.0769. The molecule has 0 radical (unpaired) electrons. The topological polar surface area (TPSA) is 35.2 Å². The molecule has 2 rings (SSSR count). The molecule has 2 nitrogen and oxygen atoms in total. The second-order valence-corrected chi connectivity index (χ2v) is 3.47. The lowest BCUT2D eigenvalue weighted by molar-refractivity contribution is 0.415. The number of benzene rings is 2. The number of methoxy groups -OCH3 is 1. The highest BCUT2D eigenvalue weighted by Gasteiger charge is 2.06. The average Bonchev–Trinajstić information content (AvgIpc) is 2.28. The Hall–Kier alpha value is -2.03. The Morgan fingerprint density at radius 2 is 1.88 bits per heavy atom. The van der Waals surface area contributed by atoms with Crippen LogP contribution in [-0.4, -0.2) is 7.11 Å². The molecule has 3 heteroatoms. The lowest BCUT2D eigenvalue weighted by Gasteiger charge is -2.07. The van der Waals surface area contributed by atoms with E-state index in [9.17, 15) is 4.39 Å². The molecule has 0 atom stereocenters. The largest absolute Gasteiger partial charge is 0.497 e. The van der Waals surface area contributed by atoms with Gasteiger partial charge in [-0.05, 0) is 23.8 Å². The average molecular weight is 217 g/mol. The van der Waals surface area contributed by atoms with Crippen molar-refractivity contribution in [3.05, 3.63) is 48.3 Å². The van der Waals surface area contributed by atoms with Gasteiger partial charge in [-0.1, -0.05) is 18.2 Å². The summed E-state index contributed by atoms with van der Waals surface area (Å²) >= 11 is 0. The lowest BCUT2D eigenvalue weighted by atomic mass is 10.0. The summed E-state index contributed by atoms with van der Waals surface area (Å²) in [5.41, 5.74) is 7.51. The van der Waals surface area contributed by atoms with E-state index >= 15 is 0 Å². The zero-order chi connectivity index (χ0) is 11.5. The van der Waals surface area contributed by atoms with Crippen LogP contribution in [-0.2, 0) is 0 Å². The summed E-state index contributed by atoms with van der Waals surface area (Å²) in [6, 6.07) is 11.8. The van der Waals surface area contributed by atoms with E-state index in [0.717, 1.165) is 5.56 Å². The van der Waals surface area contributed by atoms with Crippen molar-refractivity contribution in [1.29, 1.82) is 0 Å². The number of halogens is 1. The van der Waals surface area contributed by atoms with Gasteiger partial charge in [0.1, 0.15) is 11.6 Å². The standard InChI is InChI=1S/C13H12FNO/c1-16-11-7-9(6-10(15)8-11)12-4-2-3-5-13(12)14/h2-8H,15H2,1H3. The maximum atomic E-state index is 13.6. The molecule has 0 spiro atoms. The van der Waals surface area contributed by atoms with Gasteiger partial charge in [0.15, 0.2) is 0 Å². The molecule has 2 N–H and O–H groups in total. The molecular weight excluding hydrogens is 205 g/mol. The molecule has 16 heavy (non-hydrogen) atoms. The van der Waals surface area contributed by atoms with Crippen LogP contribution >= 0.6 is 0 Å². The van der Waals surface area contributed by atoms with Crippen LogP contribution in [0.15, 0.2) is 42.5 Å². The second kappa shape index (κ2) is 4.23. The molecule has 0 bridgehead atoms. The van der Waals surface area contributed by atoms with Crippen molar-refractivity contribution in [3.63, 3.8) is 0 Å². The number of hydrogen-bond donors (Lipinski definition) is 1. The first-order chi connectivity index (χ1) is 7.70. The van der Waals surface area contributed by atoms with E-state index in [0.29, 0.717) is 17.0 Å². The molecular formula is C13H12FNO. The molecule has 2 aromatic rings. The minimum absolute atomic E-state index is 0.268. The van der Waals surface area contributed by atoms with Crippen LogP contribution in [0, 0.1) is 5.82 Å². The van der Waals surface area contributed by atoms with E-state index in [4.69, 9.17) is 10.5 Å². The zero-order valence-corrected chi connectivity index (χ0v) is 8.91. The Morgan fingerprint density at radius 1 is 1.12 bits per heavy atom. The Kier molecular flexibility index (Phi) is 2.77. The van der Waals surface area contributed by atoms with E-state index in [2.05, 4.69) is 0 Å².